The van der Waals surface area contributed by atoms with E-state index in [1.54, 1.807) is 6.07 Å². The van der Waals surface area contributed by atoms with Gasteiger partial charge in [-0.1, -0.05) is 33.6 Å². The van der Waals surface area contributed by atoms with Crippen molar-refractivity contribution in [1.29, 1.82) is 0 Å². The summed E-state index contributed by atoms with van der Waals surface area (Å²) < 4.78 is 0. The number of aromatic nitrogens is 1. The van der Waals surface area contributed by atoms with E-state index in [9.17, 15) is 5.11 Å². The van der Waals surface area contributed by atoms with E-state index in [4.69, 9.17) is 0 Å². The molecule has 3 nitrogen and oxygen atoms in total. The number of rotatable bonds is 7. The van der Waals surface area contributed by atoms with Crippen LogP contribution < -0.4 is 0 Å². The minimum absolute atomic E-state index is 0.233. The van der Waals surface area contributed by atoms with Gasteiger partial charge in [-0.25, -0.2) is 0 Å². The Morgan fingerprint density at radius 3 is 2.41 bits per heavy atom. The molecule has 1 aromatic rings. The van der Waals surface area contributed by atoms with Crippen LogP contribution in [-0.2, 0) is 6.54 Å². The van der Waals surface area contributed by atoms with Gasteiger partial charge in [-0.2, -0.15) is 0 Å². The first-order valence-corrected chi connectivity index (χ1v) is 6.55. The summed E-state index contributed by atoms with van der Waals surface area (Å²) in [5.74, 6) is 1.00. The number of nitrogens with zero attached hydrogens (tertiary/aromatic N) is 2. The topological polar surface area (TPSA) is 36.4 Å². The van der Waals surface area contributed by atoms with E-state index in [0.29, 0.717) is 0 Å². The summed E-state index contributed by atoms with van der Waals surface area (Å²) in [4.78, 5) is 6.65. The molecule has 1 aromatic heterocycles. The highest BCUT2D eigenvalue weighted by Gasteiger charge is 2.10. The molecule has 0 aromatic carbocycles. The predicted molar refractivity (Wildman–Crippen MR) is 70.9 cm³/mol. The van der Waals surface area contributed by atoms with E-state index >= 15 is 0 Å². The molecule has 0 spiro atoms. The molecule has 0 saturated heterocycles. The van der Waals surface area contributed by atoms with Crippen molar-refractivity contribution < 1.29 is 5.11 Å². The molecule has 96 valence electrons. The van der Waals surface area contributed by atoms with E-state index in [0.717, 1.165) is 31.2 Å². The summed E-state index contributed by atoms with van der Waals surface area (Å²) in [6.07, 6.45) is 3.98. The molecule has 0 atom stereocenters. The summed E-state index contributed by atoms with van der Waals surface area (Å²) in [6.45, 7) is 9.73. The molecule has 1 N–H and O–H groups in total. The van der Waals surface area contributed by atoms with E-state index < -0.39 is 0 Å². The summed E-state index contributed by atoms with van der Waals surface area (Å²) >= 11 is 0. The highest BCUT2D eigenvalue weighted by Crippen LogP contribution is 2.13. The first kappa shape index (κ1) is 14.0. The predicted octanol–water partition coefficient (Wildman–Crippen LogP) is 3.05. The van der Waals surface area contributed by atoms with Crippen LogP contribution >= 0.6 is 0 Å². The Labute approximate surface area is 104 Å². The quantitative estimate of drug-likeness (QED) is 0.790. The maximum Gasteiger partial charge on any atom is 0.133 e. The highest BCUT2D eigenvalue weighted by atomic mass is 16.3. The summed E-state index contributed by atoms with van der Waals surface area (Å²) in [5, 5.41) is 9.19. The molecule has 3 heteroatoms. The van der Waals surface area contributed by atoms with E-state index in [1.165, 1.54) is 19.0 Å². The van der Waals surface area contributed by atoms with Crippen LogP contribution in [0.4, 0.5) is 0 Å². The minimum atomic E-state index is 0.233. The van der Waals surface area contributed by atoms with Gasteiger partial charge < -0.3 is 5.11 Å². The van der Waals surface area contributed by atoms with Gasteiger partial charge in [0, 0.05) is 13.1 Å². The third kappa shape index (κ3) is 4.73. The van der Waals surface area contributed by atoms with E-state index in [-0.39, 0.29) is 5.75 Å². The zero-order valence-corrected chi connectivity index (χ0v) is 11.2. The molecular formula is C14H24N2O. The second-order valence-corrected chi connectivity index (χ2v) is 4.52. The molecule has 0 bridgehead atoms. The summed E-state index contributed by atoms with van der Waals surface area (Å²) in [6, 6.07) is 3.60. The fourth-order valence-corrected chi connectivity index (χ4v) is 1.96. The van der Waals surface area contributed by atoms with Gasteiger partial charge in [0.05, 0.1) is 11.9 Å². The zero-order chi connectivity index (χ0) is 12.7. The molecule has 0 aliphatic heterocycles. The average molecular weight is 236 g/mol. The lowest BCUT2D eigenvalue weighted by molar-refractivity contribution is 0.224. The monoisotopic (exact) mass is 236 g/mol. The molecule has 1 rings (SSSR count). The van der Waals surface area contributed by atoms with Crippen LogP contribution in [0.1, 0.15) is 39.3 Å². The number of hydrogen-bond acceptors (Lipinski definition) is 3. The fourth-order valence-electron chi connectivity index (χ4n) is 1.96. The van der Waals surface area contributed by atoms with E-state index in [2.05, 4.69) is 30.7 Å². The summed E-state index contributed by atoms with van der Waals surface area (Å²) in [7, 11) is 0. The minimum Gasteiger partial charge on any atom is -0.506 e. The van der Waals surface area contributed by atoms with Gasteiger partial charge in [0.2, 0.25) is 0 Å². The Balaban J connectivity index is 2.54. The standard InChI is InChI=1S/C14H24N2O/c1-4-12(5-2)10-16(6-3)11-13-7-8-14(17)9-15-13/h7-9,12,17H,4-6,10-11H2,1-3H3. The number of hydrogen-bond donors (Lipinski definition) is 1. The average Bonchev–Trinajstić information content (AvgIpc) is 2.37. The first-order chi connectivity index (χ1) is 8.19. The normalized spacial score (nSPS) is 11.4. The van der Waals surface area contributed by atoms with Gasteiger partial charge in [-0.15, -0.1) is 0 Å². The van der Waals surface area contributed by atoms with E-state index in [1.807, 2.05) is 6.07 Å². The van der Waals surface area contributed by atoms with Crippen LogP contribution in [0, 0.1) is 5.92 Å². The van der Waals surface area contributed by atoms with Crippen molar-refractivity contribution in [2.75, 3.05) is 13.1 Å². The molecule has 0 aliphatic carbocycles. The van der Waals surface area contributed by atoms with Gasteiger partial charge in [-0.05, 0) is 24.6 Å². The SMILES string of the molecule is CCC(CC)CN(CC)Cc1ccc(O)cn1. The molecule has 0 unspecified atom stereocenters. The first-order valence-electron chi connectivity index (χ1n) is 6.55. The van der Waals surface area contributed by atoms with Crippen LogP contribution in [0.2, 0.25) is 0 Å². The molecule has 1 heterocycles. The van der Waals surface area contributed by atoms with Crippen molar-refractivity contribution >= 4 is 0 Å². The molecule has 0 radical (unpaired) electrons. The molecule has 0 amide bonds. The van der Waals surface area contributed by atoms with Crippen molar-refractivity contribution in [3.05, 3.63) is 24.0 Å². The Hall–Kier alpha value is -1.09. The maximum absolute atomic E-state index is 9.19. The Morgan fingerprint density at radius 1 is 1.24 bits per heavy atom. The fraction of sp³-hybridized carbons (Fsp3) is 0.643. The lowest BCUT2D eigenvalue weighted by Crippen LogP contribution is -2.29. The van der Waals surface area contributed by atoms with Gasteiger partial charge in [0.15, 0.2) is 0 Å². The third-order valence-corrected chi connectivity index (χ3v) is 3.31. The van der Waals surface area contributed by atoms with Gasteiger partial charge in [0.1, 0.15) is 5.75 Å². The van der Waals surface area contributed by atoms with Crippen LogP contribution in [-0.4, -0.2) is 28.1 Å². The lowest BCUT2D eigenvalue weighted by Gasteiger charge is -2.24. The molecule has 17 heavy (non-hydrogen) atoms. The Kier molecular flexibility index (Phi) is 5.98. The Bertz CT molecular complexity index is 307. The Morgan fingerprint density at radius 2 is 1.94 bits per heavy atom. The maximum atomic E-state index is 9.19. The van der Waals surface area contributed by atoms with Crippen LogP contribution in [0.15, 0.2) is 18.3 Å². The molecular weight excluding hydrogens is 212 g/mol. The van der Waals surface area contributed by atoms with Crippen molar-refractivity contribution in [2.24, 2.45) is 5.92 Å². The zero-order valence-electron chi connectivity index (χ0n) is 11.2. The van der Waals surface area contributed by atoms with Gasteiger partial charge >= 0.3 is 0 Å². The van der Waals surface area contributed by atoms with Crippen molar-refractivity contribution in [3.63, 3.8) is 0 Å². The van der Waals surface area contributed by atoms with Gasteiger partial charge in [-0.3, -0.25) is 9.88 Å². The highest BCUT2D eigenvalue weighted by molar-refractivity contribution is 5.17. The van der Waals surface area contributed by atoms with Crippen molar-refractivity contribution in [3.8, 4) is 5.75 Å². The smallest absolute Gasteiger partial charge is 0.133 e. The summed E-state index contributed by atoms with van der Waals surface area (Å²) in [5.41, 5.74) is 1.02. The van der Waals surface area contributed by atoms with Crippen LogP contribution in [0.3, 0.4) is 0 Å². The number of aromatic hydroxyl groups is 1. The second kappa shape index (κ2) is 7.28. The molecule has 0 fully saturated rings. The van der Waals surface area contributed by atoms with Crippen LogP contribution in [0.25, 0.3) is 0 Å². The third-order valence-electron chi connectivity index (χ3n) is 3.31. The van der Waals surface area contributed by atoms with Crippen molar-refractivity contribution in [1.82, 2.24) is 9.88 Å². The van der Waals surface area contributed by atoms with Crippen molar-refractivity contribution in [2.45, 2.75) is 40.2 Å². The van der Waals surface area contributed by atoms with Crippen LogP contribution in [0.5, 0.6) is 5.75 Å². The van der Waals surface area contributed by atoms with Gasteiger partial charge in [0.25, 0.3) is 0 Å². The molecule has 0 saturated carbocycles. The number of pyridine rings is 1. The lowest BCUT2D eigenvalue weighted by atomic mass is 10.0. The largest absolute Gasteiger partial charge is 0.506 e. The second-order valence-electron chi connectivity index (χ2n) is 4.52. The molecule has 0 aliphatic rings.